The Hall–Kier alpha value is -1.86. The number of aliphatic imine (C=N–C) groups is 1. The maximum absolute atomic E-state index is 12.1. The molecule has 100 valence electrons. The molecule has 0 aromatic carbocycles. The van der Waals surface area contributed by atoms with Gasteiger partial charge >= 0.3 is 0 Å². The van der Waals surface area contributed by atoms with Gasteiger partial charge < -0.3 is 15.2 Å². The van der Waals surface area contributed by atoms with Crippen molar-refractivity contribution in [3.63, 3.8) is 0 Å². The summed E-state index contributed by atoms with van der Waals surface area (Å²) in [4.78, 5) is 16.2. The van der Waals surface area contributed by atoms with Crippen LogP contribution in [0.15, 0.2) is 27.0 Å². The van der Waals surface area contributed by atoms with Gasteiger partial charge in [0.15, 0.2) is 0 Å². The predicted molar refractivity (Wildman–Crippen MR) is 69.4 cm³/mol. The number of fused-ring (bicyclic) bond motifs is 1. The number of amides is 1. The van der Waals surface area contributed by atoms with E-state index in [2.05, 4.69) is 20.5 Å². The standard InChI is InChI=1S/C12H14N4O3/c17-11-1-2-19-6-10(11)15-12(18)9-3-8-7(4-13-9)5-14-16-8/h4-5,10-11,17H,1-3,6H2,(H,15,18). The highest BCUT2D eigenvalue weighted by Crippen LogP contribution is 2.14. The molecule has 2 N–H and O–H groups in total. The smallest absolute Gasteiger partial charge is 0.266 e. The average molecular weight is 262 g/mol. The molecule has 3 aliphatic heterocycles. The van der Waals surface area contributed by atoms with E-state index in [0.717, 1.165) is 11.3 Å². The topological polar surface area (TPSA) is 95.6 Å². The fourth-order valence-corrected chi connectivity index (χ4v) is 2.15. The van der Waals surface area contributed by atoms with E-state index in [-0.39, 0.29) is 11.9 Å². The van der Waals surface area contributed by atoms with Gasteiger partial charge in [0.2, 0.25) is 0 Å². The van der Waals surface area contributed by atoms with E-state index < -0.39 is 6.10 Å². The first-order valence-electron chi connectivity index (χ1n) is 6.18. The highest BCUT2D eigenvalue weighted by molar-refractivity contribution is 6.45. The highest BCUT2D eigenvalue weighted by Gasteiger charge is 2.28. The lowest BCUT2D eigenvalue weighted by molar-refractivity contribution is -0.118. The van der Waals surface area contributed by atoms with E-state index in [9.17, 15) is 9.90 Å². The van der Waals surface area contributed by atoms with Crippen LogP contribution in [0.5, 0.6) is 0 Å². The van der Waals surface area contributed by atoms with Gasteiger partial charge in [0.05, 0.1) is 30.7 Å². The molecule has 0 radical (unpaired) electrons. The molecule has 0 saturated carbocycles. The van der Waals surface area contributed by atoms with Crippen molar-refractivity contribution in [2.24, 2.45) is 15.2 Å². The molecule has 2 atom stereocenters. The number of aliphatic hydroxyl groups excluding tert-OH is 1. The minimum absolute atomic E-state index is 0.292. The zero-order valence-electron chi connectivity index (χ0n) is 10.2. The summed E-state index contributed by atoms with van der Waals surface area (Å²) >= 11 is 0. The van der Waals surface area contributed by atoms with Gasteiger partial charge in [-0.3, -0.25) is 9.79 Å². The van der Waals surface area contributed by atoms with Gasteiger partial charge in [-0.25, -0.2) is 0 Å². The number of rotatable bonds is 2. The van der Waals surface area contributed by atoms with E-state index in [1.807, 2.05) is 0 Å². The molecule has 3 heterocycles. The van der Waals surface area contributed by atoms with Crippen LogP contribution in [0.4, 0.5) is 0 Å². The maximum Gasteiger partial charge on any atom is 0.266 e. The van der Waals surface area contributed by atoms with Crippen molar-refractivity contribution in [1.29, 1.82) is 0 Å². The second-order valence-corrected chi connectivity index (χ2v) is 4.64. The second-order valence-electron chi connectivity index (χ2n) is 4.64. The number of carbonyl (C=O) groups excluding carboxylic acids is 1. The fourth-order valence-electron chi connectivity index (χ4n) is 2.15. The molecular weight excluding hydrogens is 248 g/mol. The Morgan fingerprint density at radius 3 is 3.26 bits per heavy atom. The number of ether oxygens (including phenoxy) is 1. The minimum atomic E-state index is -0.569. The summed E-state index contributed by atoms with van der Waals surface area (Å²) in [5.41, 5.74) is 1.98. The second kappa shape index (κ2) is 5.02. The Morgan fingerprint density at radius 2 is 2.42 bits per heavy atom. The number of nitrogens with zero attached hydrogens (tertiary/aromatic N) is 3. The van der Waals surface area contributed by atoms with Crippen LogP contribution in [0.2, 0.25) is 0 Å². The number of hydrogen-bond donors (Lipinski definition) is 2. The largest absolute Gasteiger partial charge is 0.391 e. The first-order valence-corrected chi connectivity index (χ1v) is 6.18. The first-order chi connectivity index (χ1) is 9.24. The van der Waals surface area contributed by atoms with Crippen molar-refractivity contribution in [3.8, 4) is 0 Å². The Balaban J connectivity index is 1.65. The van der Waals surface area contributed by atoms with Gasteiger partial charge in [0.1, 0.15) is 5.71 Å². The zero-order chi connectivity index (χ0) is 13.2. The molecule has 7 heteroatoms. The quantitative estimate of drug-likeness (QED) is 0.697. The summed E-state index contributed by atoms with van der Waals surface area (Å²) in [5, 5.41) is 20.2. The molecule has 19 heavy (non-hydrogen) atoms. The molecule has 2 unspecified atom stereocenters. The molecule has 1 fully saturated rings. The van der Waals surface area contributed by atoms with Gasteiger partial charge in [-0.2, -0.15) is 10.2 Å². The lowest BCUT2D eigenvalue weighted by Crippen LogP contribution is -2.51. The number of nitrogens with one attached hydrogen (secondary N) is 1. The zero-order valence-corrected chi connectivity index (χ0v) is 10.2. The number of aliphatic hydroxyl groups is 1. The molecule has 0 aromatic heterocycles. The van der Waals surface area contributed by atoms with Gasteiger partial charge in [-0.15, -0.1) is 0 Å². The summed E-state index contributed by atoms with van der Waals surface area (Å²) in [6.45, 7) is 0.847. The Labute approximate surface area is 109 Å². The third kappa shape index (κ3) is 2.47. The van der Waals surface area contributed by atoms with Crippen LogP contribution in [0.3, 0.4) is 0 Å². The molecule has 3 aliphatic rings. The fraction of sp³-hybridized carbons (Fsp3) is 0.500. The van der Waals surface area contributed by atoms with Crippen LogP contribution in [0, 0.1) is 0 Å². The maximum atomic E-state index is 12.1. The molecule has 0 aliphatic carbocycles. The summed E-state index contributed by atoms with van der Waals surface area (Å²) < 4.78 is 5.24. The summed E-state index contributed by atoms with van der Waals surface area (Å²) in [5.74, 6) is -0.292. The van der Waals surface area contributed by atoms with Crippen molar-refractivity contribution in [2.45, 2.75) is 25.0 Å². The Kier molecular flexibility index (Phi) is 3.22. The molecule has 7 nitrogen and oxygen atoms in total. The van der Waals surface area contributed by atoms with Crippen LogP contribution in [-0.4, -0.2) is 54.0 Å². The van der Waals surface area contributed by atoms with E-state index in [1.165, 1.54) is 0 Å². The summed E-state index contributed by atoms with van der Waals surface area (Å²) in [7, 11) is 0. The van der Waals surface area contributed by atoms with Crippen molar-refractivity contribution in [2.75, 3.05) is 13.2 Å². The monoisotopic (exact) mass is 262 g/mol. The molecule has 0 aromatic rings. The molecule has 1 amide bonds. The van der Waals surface area contributed by atoms with E-state index in [4.69, 9.17) is 4.74 Å². The molecular formula is C12H14N4O3. The van der Waals surface area contributed by atoms with Crippen molar-refractivity contribution < 1.29 is 14.6 Å². The van der Waals surface area contributed by atoms with Crippen LogP contribution in [-0.2, 0) is 9.53 Å². The SMILES string of the molecule is O=C(NC1COCCC1O)C1=NC=C2C=NN=C2C1. The Morgan fingerprint density at radius 1 is 1.53 bits per heavy atom. The van der Waals surface area contributed by atoms with Crippen molar-refractivity contribution >= 4 is 23.5 Å². The van der Waals surface area contributed by atoms with E-state index in [0.29, 0.717) is 31.8 Å². The van der Waals surface area contributed by atoms with Gasteiger partial charge in [-0.05, 0) is 6.42 Å². The average Bonchev–Trinajstić information content (AvgIpc) is 2.88. The third-order valence-electron chi connectivity index (χ3n) is 3.30. The third-order valence-corrected chi connectivity index (χ3v) is 3.30. The van der Waals surface area contributed by atoms with E-state index in [1.54, 1.807) is 12.4 Å². The van der Waals surface area contributed by atoms with Crippen LogP contribution < -0.4 is 5.32 Å². The highest BCUT2D eigenvalue weighted by atomic mass is 16.5. The van der Waals surface area contributed by atoms with Crippen molar-refractivity contribution in [1.82, 2.24) is 5.32 Å². The predicted octanol–water partition coefficient (Wildman–Crippen LogP) is -0.579. The number of allylic oxidation sites excluding steroid dienone is 1. The Bertz CT molecular complexity index is 521. The van der Waals surface area contributed by atoms with Crippen LogP contribution in [0.1, 0.15) is 12.8 Å². The summed E-state index contributed by atoms with van der Waals surface area (Å²) in [6.07, 6.45) is 3.53. The molecule has 0 spiro atoms. The van der Waals surface area contributed by atoms with Crippen molar-refractivity contribution in [3.05, 3.63) is 11.8 Å². The summed E-state index contributed by atoms with van der Waals surface area (Å²) in [6, 6.07) is -0.379. The van der Waals surface area contributed by atoms with Gasteiger partial charge in [0.25, 0.3) is 5.91 Å². The van der Waals surface area contributed by atoms with E-state index >= 15 is 0 Å². The number of hydrogen-bond acceptors (Lipinski definition) is 6. The van der Waals surface area contributed by atoms with Crippen LogP contribution >= 0.6 is 0 Å². The number of carbonyl (C=O) groups is 1. The molecule has 0 bridgehead atoms. The first kappa shape index (κ1) is 12.2. The minimum Gasteiger partial charge on any atom is -0.391 e. The normalized spacial score (nSPS) is 29.2. The lowest BCUT2D eigenvalue weighted by atomic mass is 10.0. The van der Waals surface area contributed by atoms with Gasteiger partial charge in [0, 0.05) is 24.8 Å². The van der Waals surface area contributed by atoms with Crippen LogP contribution in [0.25, 0.3) is 0 Å². The lowest BCUT2D eigenvalue weighted by Gasteiger charge is -2.28. The molecule has 3 rings (SSSR count). The van der Waals surface area contributed by atoms with Gasteiger partial charge in [-0.1, -0.05) is 0 Å². The molecule has 1 saturated heterocycles.